The van der Waals surface area contributed by atoms with Crippen molar-refractivity contribution in [2.24, 2.45) is 0 Å². The van der Waals surface area contributed by atoms with Gasteiger partial charge in [-0.2, -0.15) is 0 Å². The third kappa shape index (κ3) is 2.67. The van der Waals surface area contributed by atoms with Crippen LogP contribution in [-0.4, -0.2) is 33.4 Å². The van der Waals surface area contributed by atoms with Gasteiger partial charge in [0.05, 0.1) is 5.56 Å². The van der Waals surface area contributed by atoms with E-state index in [0.717, 1.165) is 11.1 Å². The molecule has 1 aromatic carbocycles. The molecule has 2 heterocycles. The monoisotopic (exact) mass is 316 g/mol. The minimum Gasteiger partial charge on any atom is -0.478 e. The van der Waals surface area contributed by atoms with Crippen LogP contribution in [0.15, 0.2) is 36.7 Å². The molecule has 5 nitrogen and oxygen atoms in total. The molecule has 1 aliphatic rings. The SMILES string of the molecule is O=C(O)c1cncc2c1CCN(C(=O)c1cccc(Cl)c1)C2. The highest BCUT2D eigenvalue weighted by molar-refractivity contribution is 6.30. The van der Waals surface area contributed by atoms with Crippen LogP contribution in [0.3, 0.4) is 0 Å². The van der Waals surface area contributed by atoms with Crippen LogP contribution in [0.25, 0.3) is 0 Å². The third-order valence-corrected chi connectivity index (χ3v) is 3.96. The van der Waals surface area contributed by atoms with Crippen LogP contribution in [0.2, 0.25) is 5.02 Å². The van der Waals surface area contributed by atoms with Crippen LogP contribution >= 0.6 is 11.6 Å². The first-order valence-corrected chi connectivity index (χ1v) is 7.18. The van der Waals surface area contributed by atoms with E-state index in [-0.39, 0.29) is 11.5 Å². The molecule has 0 bridgehead atoms. The molecule has 0 spiro atoms. The van der Waals surface area contributed by atoms with Gasteiger partial charge in [0.25, 0.3) is 5.91 Å². The van der Waals surface area contributed by atoms with Gasteiger partial charge >= 0.3 is 5.97 Å². The fourth-order valence-electron chi connectivity index (χ4n) is 2.66. The minimum atomic E-state index is -0.987. The summed E-state index contributed by atoms with van der Waals surface area (Å²) < 4.78 is 0. The number of aromatic carboxylic acids is 1. The summed E-state index contributed by atoms with van der Waals surface area (Å²) in [6, 6.07) is 6.80. The van der Waals surface area contributed by atoms with E-state index in [2.05, 4.69) is 4.98 Å². The first-order valence-electron chi connectivity index (χ1n) is 6.80. The lowest BCUT2D eigenvalue weighted by atomic mass is 9.96. The van der Waals surface area contributed by atoms with Crippen molar-refractivity contribution in [3.63, 3.8) is 0 Å². The smallest absolute Gasteiger partial charge is 0.337 e. The second kappa shape index (κ2) is 5.77. The number of pyridine rings is 1. The molecule has 112 valence electrons. The average molecular weight is 317 g/mol. The Hall–Kier alpha value is -2.40. The van der Waals surface area contributed by atoms with Gasteiger partial charge in [-0.05, 0) is 35.7 Å². The van der Waals surface area contributed by atoms with Crippen LogP contribution < -0.4 is 0 Å². The van der Waals surface area contributed by atoms with Crippen LogP contribution in [0, 0.1) is 0 Å². The van der Waals surface area contributed by atoms with Crippen molar-refractivity contribution < 1.29 is 14.7 Å². The van der Waals surface area contributed by atoms with Gasteiger partial charge in [-0.15, -0.1) is 0 Å². The number of halogens is 1. The van der Waals surface area contributed by atoms with Crippen molar-refractivity contribution in [3.8, 4) is 0 Å². The Morgan fingerprint density at radius 2 is 2.09 bits per heavy atom. The number of nitrogens with zero attached hydrogens (tertiary/aromatic N) is 2. The van der Waals surface area contributed by atoms with Crippen molar-refractivity contribution in [2.75, 3.05) is 6.54 Å². The van der Waals surface area contributed by atoms with Crippen molar-refractivity contribution in [3.05, 3.63) is 63.9 Å². The van der Waals surface area contributed by atoms with Gasteiger partial charge in [0.2, 0.25) is 0 Å². The van der Waals surface area contributed by atoms with E-state index in [1.54, 1.807) is 35.4 Å². The summed E-state index contributed by atoms with van der Waals surface area (Å²) in [5.41, 5.74) is 2.28. The zero-order chi connectivity index (χ0) is 15.7. The molecule has 1 N–H and O–H groups in total. The highest BCUT2D eigenvalue weighted by Gasteiger charge is 2.25. The summed E-state index contributed by atoms with van der Waals surface area (Å²) >= 11 is 5.92. The molecule has 0 saturated heterocycles. The van der Waals surface area contributed by atoms with Gasteiger partial charge in [-0.3, -0.25) is 9.78 Å². The maximum atomic E-state index is 12.5. The lowest BCUT2D eigenvalue weighted by Crippen LogP contribution is -2.36. The van der Waals surface area contributed by atoms with Gasteiger partial charge in [0.1, 0.15) is 0 Å². The number of amides is 1. The molecule has 6 heteroatoms. The number of aromatic nitrogens is 1. The molecule has 0 radical (unpaired) electrons. The number of carboxylic acids is 1. The lowest BCUT2D eigenvalue weighted by Gasteiger charge is -2.29. The molecule has 3 rings (SSSR count). The van der Waals surface area contributed by atoms with Crippen LogP contribution in [-0.2, 0) is 13.0 Å². The Balaban J connectivity index is 1.87. The Labute approximate surface area is 132 Å². The number of carboxylic acid groups (broad SMARTS) is 1. The molecule has 0 atom stereocenters. The molecular formula is C16H13ClN2O3. The van der Waals surface area contributed by atoms with E-state index in [1.165, 1.54) is 6.20 Å². The van der Waals surface area contributed by atoms with E-state index in [4.69, 9.17) is 11.6 Å². The molecule has 1 amide bonds. The summed E-state index contributed by atoms with van der Waals surface area (Å²) in [4.78, 5) is 29.4. The predicted octanol–water partition coefficient (Wildman–Crippen LogP) is 2.63. The minimum absolute atomic E-state index is 0.117. The van der Waals surface area contributed by atoms with Crippen LogP contribution in [0.1, 0.15) is 31.8 Å². The lowest BCUT2D eigenvalue weighted by molar-refractivity contribution is 0.0693. The maximum absolute atomic E-state index is 12.5. The molecule has 0 unspecified atom stereocenters. The molecule has 0 aliphatic carbocycles. The summed E-state index contributed by atoms with van der Waals surface area (Å²) in [5, 5.41) is 9.70. The first-order chi connectivity index (χ1) is 10.6. The number of hydrogen-bond acceptors (Lipinski definition) is 3. The van der Waals surface area contributed by atoms with Gasteiger partial charge in [0.15, 0.2) is 0 Å². The van der Waals surface area contributed by atoms with Gasteiger partial charge in [-0.1, -0.05) is 17.7 Å². The number of rotatable bonds is 2. The predicted molar refractivity (Wildman–Crippen MR) is 81.1 cm³/mol. The number of carbonyl (C=O) groups excluding carboxylic acids is 1. The summed E-state index contributed by atoms with van der Waals surface area (Å²) in [6.07, 6.45) is 3.49. The Morgan fingerprint density at radius 3 is 2.82 bits per heavy atom. The molecule has 22 heavy (non-hydrogen) atoms. The highest BCUT2D eigenvalue weighted by atomic mass is 35.5. The highest BCUT2D eigenvalue weighted by Crippen LogP contribution is 2.23. The van der Waals surface area contributed by atoms with Crippen molar-refractivity contribution >= 4 is 23.5 Å². The van der Waals surface area contributed by atoms with Crippen molar-refractivity contribution in [1.82, 2.24) is 9.88 Å². The largest absolute Gasteiger partial charge is 0.478 e. The fourth-order valence-corrected chi connectivity index (χ4v) is 2.85. The van der Waals surface area contributed by atoms with Gasteiger partial charge in [0, 0.05) is 36.1 Å². The number of benzene rings is 1. The first kappa shape index (κ1) is 14.5. The summed E-state index contributed by atoms with van der Waals surface area (Å²) in [6.45, 7) is 0.831. The summed E-state index contributed by atoms with van der Waals surface area (Å²) in [7, 11) is 0. The van der Waals surface area contributed by atoms with E-state index in [0.29, 0.717) is 30.1 Å². The zero-order valence-electron chi connectivity index (χ0n) is 11.6. The molecule has 1 aromatic heterocycles. The van der Waals surface area contributed by atoms with Crippen molar-refractivity contribution in [2.45, 2.75) is 13.0 Å². The maximum Gasteiger partial charge on any atom is 0.337 e. The molecule has 0 saturated carbocycles. The second-order valence-corrected chi connectivity index (χ2v) is 5.55. The quantitative estimate of drug-likeness (QED) is 0.924. The molecule has 0 fully saturated rings. The average Bonchev–Trinajstić information content (AvgIpc) is 2.53. The Kier molecular flexibility index (Phi) is 3.81. The molecule has 1 aliphatic heterocycles. The fraction of sp³-hybridized carbons (Fsp3) is 0.188. The molecule has 2 aromatic rings. The molecular weight excluding hydrogens is 304 g/mol. The standard InChI is InChI=1S/C16H13ClN2O3/c17-12-3-1-2-10(6-12)15(20)19-5-4-13-11(9-19)7-18-8-14(13)16(21)22/h1-3,6-8H,4-5,9H2,(H,21,22). The number of fused-ring (bicyclic) bond motifs is 1. The number of hydrogen-bond donors (Lipinski definition) is 1. The van der Waals surface area contributed by atoms with E-state index in [1.807, 2.05) is 0 Å². The van der Waals surface area contributed by atoms with Gasteiger partial charge in [-0.25, -0.2) is 4.79 Å². The van der Waals surface area contributed by atoms with Crippen LogP contribution in [0.4, 0.5) is 0 Å². The van der Waals surface area contributed by atoms with E-state index < -0.39 is 5.97 Å². The Bertz CT molecular complexity index is 761. The topological polar surface area (TPSA) is 70.5 Å². The van der Waals surface area contributed by atoms with E-state index in [9.17, 15) is 14.7 Å². The van der Waals surface area contributed by atoms with Crippen LogP contribution in [0.5, 0.6) is 0 Å². The normalized spacial score (nSPS) is 13.6. The van der Waals surface area contributed by atoms with E-state index >= 15 is 0 Å². The van der Waals surface area contributed by atoms with Gasteiger partial charge < -0.3 is 10.0 Å². The number of carbonyl (C=O) groups is 2. The zero-order valence-corrected chi connectivity index (χ0v) is 12.4. The van der Waals surface area contributed by atoms with Crippen molar-refractivity contribution in [1.29, 1.82) is 0 Å². The second-order valence-electron chi connectivity index (χ2n) is 5.12. The Morgan fingerprint density at radius 1 is 1.27 bits per heavy atom. The summed E-state index contributed by atoms with van der Waals surface area (Å²) in [5.74, 6) is -1.10. The third-order valence-electron chi connectivity index (χ3n) is 3.73.